The van der Waals surface area contributed by atoms with Gasteiger partial charge in [0, 0.05) is 7.11 Å². The Morgan fingerprint density at radius 3 is 2.45 bits per heavy atom. The van der Waals surface area contributed by atoms with E-state index in [-0.39, 0.29) is 6.10 Å². The van der Waals surface area contributed by atoms with Gasteiger partial charge in [-0.25, -0.2) is 0 Å². The Morgan fingerprint density at radius 1 is 1.25 bits per heavy atom. The first-order valence-electron chi connectivity index (χ1n) is 7.19. The molecule has 3 atom stereocenters. The predicted octanol–water partition coefficient (Wildman–Crippen LogP) is 2.93. The third-order valence-electron chi connectivity index (χ3n) is 4.09. The summed E-state index contributed by atoms with van der Waals surface area (Å²) in [4.78, 5) is 0. The number of aryl methyl sites for hydroxylation is 1. The zero-order valence-electron chi connectivity index (χ0n) is 12.6. The molecule has 0 amide bonds. The molecule has 1 aromatic rings. The summed E-state index contributed by atoms with van der Waals surface area (Å²) in [7, 11) is 1.47. The second kappa shape index (κ2) is 6.22. The number of methoxy groups -OCH3 is 1. The third-order valence-corrected chi connectivity index (χ3v) is 4.09. The molecule has 1 aromatic carbocycles. The number of ether oxygens (including phenoxy) is 3. The minimum atomic E-state index is -1.00. The molecular formula is C16H24O4. The van der Waals surface area contributed by atoms with E-state index in [9.17, 15) is 5.11 Å². The van der Waals surface area contributed by atoms with Crippen LogP contribution in [0.25, 0.3) is 0 Å². The maximum Gasteiger partial charge on any atom is 0.183 e. The van der Waals surface area contributed by atoms with Crippen LogP contribution in [-0.2, 0) is 14.2 Å². The van der Waals surface area contributed by atoms with E-state index < -0.39 is 18.2 Å². The summed E-state index contributed by atoms with van der Waals surface area (Å²) >= 11 is 0. The van der Waals surface area contributed by atoms with Crippen molar-refractivity contribution >= 4 is 0 Å². The second-order valence-electron chi connectivity index (χ2n) is 5.22. The number of benzene rings is 1. The van der Waals surface area contributed by atoms with Gasteiger partial charge in [-0.3, -0.25) is 0 Å². The molecule has 0 aliphatic carbocycles. The summed E-state index contributed by atoms with van der Waals surface area (Å²) < 4.78 is 17.3. The lowest BCUT2D eigenvalue weighted by Gasteiger charge is -2.25. The van der Waals surface area contributed by atoms with E-state index in [1.54, 1.807) is 0 Å². The van der Waals surface area contributed by atoms with Crippen LogP contribution < -0.4 is 0 Å². The zero-order valence-corrected chi connectivity index (χ0v) is 12.6. The van der Waals surface area contributed by atoms with Crippen LogP contribution >= 0.6 is 0 Å². The summed E-state index contributed by atoms with van der Waals surface area (Å²) in [5.74, 6) is -0.642. The number of aliphatic hydroxyl groups excluding tert-OH is 1. The largest absolute Gasteiger partial charge is 0.366 e. The second-order valence-corrected chi connectivity index (χ2v) is 5.22. The van der Waals surface area contributed by atoms with Crippen molar-refractivity contribution in [2.45, 2.75) is 57.9 Å². The normalized spacial score (nSPS) is 26.6. The van der Waals surface area contributed by atoms with Crippen molar-refractivity contribution in [2.24, 2.45) is 0 Å². The van der Waals surface area contributed by atoms with Gasteiger partial charge in [0.15, 0.2) is 12.1 Å². The molecule has 1 saturated heterocycles. The van der Waals surface area contributed by atoms with E-state index >= 15 is 0 Å². The monoisotopic (exact) mass is 280 g/mol. The van der Waals surface area contributed by atoms with Crippen LogP contribution in [0.2, 0.25) is 0 Å². The van der Waals surface area contributed by atoms with E-state index in [0.29, 0.717) is 0 Å². The van der Waals surface area contributed by atoms with Crippen LogP contribution in [0, 0.1) is 6.92 Å². The standard InChI is InChI=1S/C16H24O4/c1-5-16(6-2)19-13(14(20-16)15(17)18-4)12-10-8-7-9-11(12)3/h7-10,13-15,17H,5-6H2,1-4H3. The van der Waals surface area contributed by atoms with Gasteiger partial charge in [0.2, 0.25) is 0 Å². The summed E-state index contributed by atoms with van der Waals surface area (Å²) in [5.41, 5.74) is 2.16. The average molecular weight is 280 g/mol. The first kappa shape index (κ1) is 15.4. The molecule has 2 rings (SSSR count). The summed E-state index contributed by atoms with van der Waals surface area (Å²) in [6.07, 6.45) is -0.357. The lowest BCUT2D eigenvalue weighted by Crippen LogP contribution is -2.34. The Morgan fingerprint density at radius 2 is 1.90 bits per heavy atom. The van der Waals surface area contributed by atoms with Gasteiger partial charge in [-0.2, -0.15) is 0 Å². The highest BCUT2D eigenvalue weighted by Crippen LogP contribution is 2.44. The van der Waals surface area contributed by atoms with Gasteiger partial charge >= 0.3 is 0 Å². The molecule has 0 radical (unpaired) electrons. The number of rotatable bonds is 5. The zero-order chi connectivity index (χ0) is 14.8. The van der Waals surface area contributed by atoms with Crippen LogP contribution in [-0.4, -0.2) is 30.4 Å². The van der Waals surface area contributed by atoms with Crippen LogP contribution in [0.4, 0.5) is 0 Å². The fourth-order valence-corrected chi connectivity index (χ4v) is 2.71. The molecule has 112 valence electrons. The highest BCUT2D eigenvalue weighted by Gasteiger charge is 2.49. The fraction of sp³-hybridized carbons (Fsp3) is 0.625. The van der Waals surface area contributed by atoms with Crippen molar-refractivity contribution < 1.29 is 19.3 Å². The number of hydrogen-bond donors (Lipinski definition) is 1. The molecule has 0 aromatic heterocycles. The minimum Gasteiger partial charge on any atom is -0.366 e. The summed E-state index contributed by atoms with van der Waals surface area (Å²) in [6.45, 7) is 6.09. The van der Waals surface area contributed by atoms with Gasteiger partial charge in [0.1, 0.15) is 12.2 Å². The van der Waals surface area contributed by atoms with E-state index in [1.807, 2.05) is 45.0 Å². The van der Waals surface area contributed by atoms with Crippen molar-refractivity contribution in [3.05, 3.63) is 35.4 Å². The van der Waals surface area contributed by atoms with E-state index in [4.69, 9.17) is 14.2 Å². The van der Waals surface area contributed by atoms with Gasteiger partial charge < -0.3 is 19.3 Å². The Hall–Kier alpha value is -0.940. The van der Waals surface area contributed by atoms with E-state index in [1.165, 1.54) is 7.11 Å². The highest BCUT2D eigenvalue weighted by atomic mass is 16.8. The Labute approximate surface area is 120 Å². The van der Waals surface area contributed by atoms with Gasteiger partial charge in [-0.15, -0.1) is 0 Å². The first-order valence-corrected chi connectivity index (χ1v) is 7.19. The molecule has 1 N–H and O–H groups in total. The maximum atomic E-state index is 10.1. The molecule has 0 spiro atoms. The quantitative estimate of drug-likeness (QED) is 0.842. The van der Waals surface area contributed by atoms with Crippen LogP contribution in [0.3, 0.4) is 0 Å². The fourth-order valence-electron chi connectivity index (χ4n) is 2.71. The molecule has 1 aliphatic rings. The van der Waals surface area contributed by atoms with Crippen molar-refractivity contribution in [1.29, 1.82) is 0 Å². The number of hydrogen-bond acceptors (Lipinski definition) is 4. The van der Waals surface area contributed by atoms with Crippen molar-refractivity contribution in [1.82, 2.24) is 0 Å². The molecule has 1 heterocycles. The van der Waals surface area contributed by atoms with Crippen LogP contribution in [0.5, 0.6) is 0 Å². The van der Waals surface area contributed by atoms with Crippen molar-refractivity contribution in [2.75, 3.05) is 7.11 Å². The molecule has 3 unspecified atom stereocenters. The maximum absolute atomic E-state index is 10.1. The smallest absolute Gasteiger partial charge is 0.183 e. The van der Waals surface area contributed by atoms with E-state index in [0.717, 1.165) is 24.0 Å². The van der Waals surface area contributed by atoms with Crippen LogP contribution in [0.1, 0.15) is 43.9 Å². The van der Waals surface area contributed by atoms with Crippen LogP contribution in [0.15, 0.2) is 24.3 Å². The molecular weight excluding hydrogens is 256 g/mol. The molecule has 0 saturated carbocycles. The van der Waals surface area contributed by atoms with Crippen molar-refractivity contribution in [3.63, 3.8) is 0 Å². The molecule has 1 aliphatic heterocycles. The third kappa shape index (κ3) is 2.74. The lowest BCUT2D eigenvalue weighted by molar-refractivity contribution is -0.210. The number of aliphatic hydroxyl groups is 1. The van der Waals surface area contributed by atoms with Gasteiger partial charge in [0.25, 0.3) is 0 Å². The highest BCUT2D eigenvalue weighted by molar-refractivity contribution is 5.29. The first-order chi connectivity index (χ1) is 9.56. The van der Waals surface area contributed by atoms with E-state index in [2.05, 4.69) is 0 Å². The van der Waals surface area contributed by atoms with Gasteiger partial charge in [-0.1, -0.05) is 38.1 Å². The summed E-state index contributed by atoms with van der Waals surface area (Å²) in [6, 6.07) is 8.01. The Kier molecular flexibility index (Phi) is 4.81. The SMILES string of the molecule is CCC1(CC)OC(c2ccccc2C)C(C(O)OC)O1. The molecule has 4 nitrogen and oxygen atoms in total. The lowest BCUT2D eigenvalue weighted by atomic mass is 9.99. The Bertz CT molecular complexity index is 442. The molecule has 4 heteroatoms. The van der Waals surface area contributed by atoms with Crippen molar-refractivity contribution in [3.8, 4) is 0 Å². The molecule has 1 fully saturated rings. The van der Waals surface area contributed by atoms with Gasteiger partial charge in [-0.05, 0) is 30.9 Å². The topological polar surface area (TPSA) is 47.9 Å². The molecule has 0 bridgehead atoms. The summed E-state index contributed by atoms with van der Waals surface area (Å²) in [5, 5.41) is 10.1. The predicted molar refractivity (Wildman–Crippen MR) is 76.2 cm³/mol. The molecule has 20 heavy (non-hydrogen) atoms. The average Bonchev–Trinajstić information content (AvgIpc) is 2.87. The minimum absolute atomic E-state index is 0.314. The Balaban J connectivity index is 2.36. The van der Waals surface area contributed by atoms with Gasteiger partial charge in [0.05, 0.1) is 0 Å².